The van der Waals surface area contributed by atoms with E-state index in [2.05, 4.69) is 10.3 Å². The van der Waals surface area contributed by atoms with Crippen LogP contribution in [-0.4, -0.2) is 87.7 Å². The summed E-state index contributed by atoms with van der Waals surface area (Å²) in [4.78, 5) is 26.8. The highest BCUT2D eigenvalue weighted by Crippen LogP contribution is 2.12. The van der Waals surface area contributed by atoms with Gasteiger partial charge in [-0.25, -0.2) is 4.68 Å². The van der Waals surface area contributed by atoms with Crippen molar-refractivity contribution in [1.82, 2.24) is 24.8 Å². The summed E-state index contributed by atoms with van der Waals surface area (Å²) in [5.41, 5.74) is 1.10. The number of likely N-dealkylation sites (N-methyl/N-ethyl adjacent to an activating group) is 1. The molecule has 3 rings (SSSR count). The molecule has 1 saturated heterocycles. The summed E-state index contributed by atoms with van der Waals surface area (Å²) in [6.45, 7) is 1.63. The molecule has 1 aromatic carbocycles. The van der Waals surface area contributed by atoms with Crippen LogP contribution in [0, 0.1) is 0 Å². The number of carboxylic acid groups (broad SMARTS) is 1. The molecule has 0 aliphatic carbocycles. The number of nitrogens with zero attached hydrogens (tertiary/aromatic N) is 5. The topological polar surface area (TPSA) is 101 Å². The second-order valence-electron chi connectivity index (χ2n) is 6.22. The molecule has 1 aromatic heterocycles. The molecule has 138 valence electrons. The highest BCUT2D eigenvalue weighted by molar-refractivity contribution is 5.92. The first-order chi connectivity index (χ1) is 12.5. The van der Waals surface area contributed by atoms with E-state index in [1.165, 1.54) is 0 Å². The van der Waals surface area contributed by atoms with E-state index in [1.54, 1.807) is 27.7 Å². The molecule has 1 amide bonds. The number of hydrogen-bond donors (Lipinski definition) is 1. The van der Waals surface area contributed by atoms with E-state index in [9.17, 15) is 9.59 Å². The first-order valence-corrected chi connectivity index (χ1v) is 8.32. The van der Waals surface area contributed by atoms with E-state index < -0.39 is 5.97 Å². The summed E-state index contributed by atoms with van der Waals surface area (Å²) < 4.78 is 7.21. The second kappa shape index (κ2) is 8.07. The standard InChI is InChI=1S/C17H21N5O4/c1-20(12-16(23)24)9-14-10-21(7-8-26-14)17(25)15-11-22(19-18-15)13-5-3-2-4-6-13/h2-6,11,14H,7-10,12H2,1H3,(H,23,24). The van der Waals surface area contributed by atoms with Gasteiger partial charge in [0.15, 0.2) is 5.69 Å². The average molecular weight is 359 g/mol. The van der Waals surface area contributed by atoms with Crippen LogP contribution in [0.2, 0.25) is 0 Å². The third-order valence-corrected chi connectivity index (χ3v) is 4.08. The molecule has 0 radical (unpaired) electrons. The lowest BCUT2D eigenvalue weighted by Gasteiger charge is -2.34. The molecule has 1 aliphatic heterocycles. The fourth-order valence-electron chi connectivity index (χ4n) is 2.89. The minimum Gasteiger partial charge on any atom is -0.480 e. The molecule has 1 N–H and O–H groups in total. The van der Waals surface area contributed by atoms with Gasteiger partial charge in [-0.15, -0.1) is 5.10 Å². The van der Waals surface area contributed by atoms with Gasteiger partial charge in [0.1, 0.15) is 0 Å². The summed E-state index contributed by atoms with van der Waals surface area (Å²) in [6, 6.07) is 9.44. The minimum atomic E-state index is -0.895. The maximum absolute atomic E-state index is 12.7. The van der Waals surface area contributed by atoms with Crippen LogP contribution >= 0.6 is 0 Å². The van der Waals surface area contributed by atoms with Crippen molar-refractivity contribution in [3.63, 3.8) is 0 Å². The summed E-state index contributed by atoms with van der Waals surface area (Å²) in [5.74, 6) is -1.10. The number of carbonyl (C=O) groups is 2. The Kier molecular flexibility index (Phi) is 5.59. The Labute approximate surface area is 150 Å². The molecule has 9 heteroatoms. The van der Waals surface area contributed by atoms with Crippen LogP contribution in [0.25, 0.3) is 5.69 Å². The summed E-state index contributed by atoms with van der Waals surface area (Å²) in [5, 5.41) is 16.8. The number of morpholine rings is 1. The largest absolute Gasteiger partial charge is 0.480 e. The van der Waals surface area contributed by atoms with Gasteiger partial charge in [-0.2, -0.15) is 0 Å². The average Bonchev–Trinajstić information content (AvgIpc) is 3.11. The molecule has 0 saturated carbocycles. The number of rotatable bonds is 6. The number of para-hydroxylation sites is 1. The lowest BCUT2D eigenvalue weighted by Crippen LogP contribution is -2.49. The SMILES string of the molecule is CN(CC(=O)O)CC1CN(C(=O)c2cn(-c3ccccc3)nn2)CCO1. The summed E-state index contributed by atoms with van der Waals surface area (Å²) in [6.07, 6.45) is 1.37. The van der Waals surface area contributed by atoms with E-state index in [0.717, 1.165) is 5.69 Å². The van der Waals surface area contributed by atoms with Crippen LogP contribution in [0.15, 0.2) is 36.5 Å². The molecule has 0 bridgehead atoms. The quantitative estimate of drug-likeness (QED) is 0.782. The zero-order valence-electron chi connectivity index (χ0n) is 14.5. The number of carbonyl (C=O) groups excluding carboxylic acids is 1. The van der Waals surface area contributed by atoms with Crippen LogP contribution in [0.1, 0.15) is 10.5 Å². The lowest BCUT2D eigenvalue weighted by molar-refractivity contribution is -0.138. The lowest BCUT2D eigenvalue weighted by atomic mass is 10.2. The Bertz CT molecular complexity index is 764. The van der Waals surface area contributed by atoms with Gasteiger partial charge in [0.25, 0.3) is 5.91 Å². The van der Waals surface area contributed by atoms with Gasteiger partial charge in [0.2, 0.25) is 0 Å². The van der Waals surface area contributed by atoms with E-state index in [1.807, 2.05) is 30.3 Å². The van der Waals surface area contributed by atoms with Gasteiger partial charge in [0, 0.05) is 19.6 Å². The molecule has 1 fully saturated rings. The minimum absolute atomic E-state index is 0.0702. The maximum Gasteiger partial charge on any atom is 0.317 e. The van der Waals surface area contributed by atoms with Gasteiger partial charge in [-0.05, 0) is 19.2 Å². The van der Waals surface area contributed by atoms with E-state index in [-0.39, 0.29) is 24.2 Å². The van der Waals surface area contributed by atoms with Crippen molar-refractivity contribution in [3.05, 3.63) is 42.2 Å². The van der Waals surface area contributed by atoms with Gasteiger partial charge >= 0.3 is 5.97 Å². The van der Waals surface area contributed by atoms with Gasteiger partial charge in [0.05, 0.1) is 31.1 Å². The first kappa shape index (κ1) is 18.0. The Morgan fingerprint density at radius 3 is 2.85 bits per heavy atom. The molecule has 9 nitrogen and oxygen atoms in total. The Morgan fingerprint density at radius 1 is 1.35 bits per heavy atom. The number of aromatic nitrogens is 3. The van der Waals surface area contributed by atoms with Gasteiger partial charge in [-0.3, -0.25) is 14.5 Å². The van der Waals surface area contributed by atoms with E-state index in [0.29, 0.717) is 26.2 Å². The molecular formula is C17H21N5O4. The zero-order chi connectivity index (χ0) is 18.5. The smallest absolute Gasteiger partial charge is 0.317 e. The normalized spacial score (nSPS) is 17.5. The molecule has 2 aromatic rings. The number of amides is 1. The van der Waals surface area contributed by atoms with Crippen molar-refractivity contribution in [3.8, 4) is 5.69 Å². The monoisotopic (exact) mass is 359 g/mol. The number of carboxylic acids is 1. The second-order valence-corrected chi connectivity index (χ2v) is 6.22. The van der Waals surface area contributed by atoms with Crippen LogP contribution in [0.4, 0.5) is 0 Å². The fourth-order valence-corrected chi connectivity index (χ4v) is 2.89. The third kappa shape index (κ3) is 4.44. The molecular weight excluding hydrogens is 338 g/mol. The molecule has 1 aliphatic rings. The molecule has 0 spiro atoms. The Balaban J connectivity index is 1.62. The van der Waals surface area contributed by atoms with E-state index in [4.69, 9.17) is 9.84 Å². The Morgan fingerprint density at radius 2 is 2.12 bits per heavy atom. The van der Waals surface area contributed by atoms with Crippen molar-refractivity contribution in [2.24, 2.45) is 0 Å². The highest BCUT2D eigenvalue weighted by Gasteiger charge is 2.27. The third-order valence-electron chi connectivity index (χ3n) is 4.08. The predicted molar refractivity (Wildman–Crippen MR) is 92.1 cm³/mol. The van der Waals surface area contributed by atoms with Gasteiger partial charge < -0.3 is 14.7 Å². The van der Waals surface area contributed by atoms with Crippen molar-refractivity contribution >= 4 is 11.9 Å². The van der Waals surface area contributed by atoms with Crippen LogP contribution in [0.3, 0.4) is 0 Å². The van der Waals surface area contributed by atoms with Crippen LogP contribution < -0.4 is 0 Å². The molecule has 1 atom stereocenters. The Hall–Kier alpha value is -2.78. The number of aliphatic carboxylic acids is 1. The summed E-state index contributed by atoms with van der Waals surface area (Å²) in [7, 11) is 1.71. The zero-order valence-corrected chi connectivity index (χ0v) is 14.5. The molecule has 1 unspecified atom stereocenters. The maximum atomic E-state index is 12.7. The van der Waals surface area contributed by atoms with Crippen molar-refractivity contribution in [2.45, 2.75) is 6.10 Å². The molecule has 26 heavy (non-hydrogen) atoms. The number of ether oxygens (including phenoxy) is 1. The fraction of sp³-hybridized carbons (Fsp3) is 0.412. The number of hydrogen-bond acceptors (Lipinski definition) is 6. The predicted octanol–water partition coefficient (Wildman–Crippen LogP) is 0.125. The number of benzene rings is 1. The van der Waals surface area contributed by atoms with Crippen molar-refractivity contribution in [2.75, 3.05) is 39.8 Å². The van der Waals surface area contributed by atoms with Crippen molar-refractivity contribution < 1.29 is 19.4 Å². The van der Waals surface area contributed by atoms with Crippen LogP contribution in [0.5, 0.6) is 0 Å². The van der Waals surface area contributed by atoms with E-state index >= 15 is 0 Å². The van der Waals surface area contributed by atoms with Gasteiger partial charge in [-0.1, -0.05) is 23.4 Å². The summed E-state index contributed by atoms with van der Waals surface area (Å²) >= 11 is 0. The molecule has 2 heterocycles. The van der Waals surface area contributed by atoms with Crippen LogP contribution in [-0.2, 0) is 9.53 Å². The van der Waals surface area contributed by atoms with Crippen molar-refractivity contribution in [1.29, 1.82) is 0 Å². The first-order valence-electron chi connectivity index (χ1n) is 8.32. The highest BCUT2D eigenvalue weighted by atomic mass is 16.5.